The fourth-order valence-electron chi connectivity index (χ4n) is 2.57. The topological polar surface area (TPSA) is 49.4 Å². The Morgan fingerprint density at radius 3 is 2.53 bits per heavy atom. The molecule has 2 fully saturated rings. The van der Waals surface area contributed by atoms with Gasteiger partial charge in [0, 0.05) is 30.3 Å². The molecule has 1 aromatic carbocycles. The Labute approximate surface area is 112 Å². The van der Waals surface area contributed by atoms with Crippen LogP contribution >= 0.6 is 0 Å². The van der Waals surface area contributed by atoms with E-state index in [-0.39, 0.29) is 17.7 Å². The number of nitrogens with zero attached hydrogens (tertiary/aromatic N) is 1. The third-order valence-corrected chi connectivity index (χ3v) is 3.97. The van der Waals surface area contributed by atoms with Crippen LogP contribution in [0.2, 0.25) is 0 Å². The minimum atomic E-state index is 0.109. The van der Waals surface area contributed by atoms with Gasteiger partial charge in [-0.2, -0.15) is 0 Å². The summed E-state index contributed by atoms with van der Waals surface area (Å²) in [6.07, 6.45) is 2.56. The van der Waals surface area contributed by atoms with Crippen LogP contribution < -0.4 is 10.2 Å². The zero-order chi connectivity index (χ0) is 13.4. The molecule has 1 saturated heterocycles. The first kappa shape index (κ1) is 12.2. The van der Waals surface area contributed by atoms with Crippen molar-refractivity contribution in [2.45, 2.75) is 26.2 Å². The Morgan fingerprint density at radius 2 is 2.00 bits per heavy atom. The van der Waals surface area contributed by atoms with Crippen LogP contribution in [0.15, 0.2) is 24.3 Å². The van der Waals surface area contributed by atoms with E-state index in [1.807, 2.05) is 24.3 Å². The molecular formula is C15H18N2O2. The molecule has 0 unspecified atom stereocenters. The molecule has 1 saturated carbocycles. The highest BCUT2D eigenvalue weighted by Gasteiger charge is 2.39. The quantitative estimate of drug-likeness (QED) is 0.905. The Morgan fingerprint density at radius 1 is 1.32 bits per heavy atom. The number of hydrogen-bond donors (Lipinski definition) is 1. The molecule has 0 bridgehead atoms. The first-order valence-electron chi connectivity index (χ1n) is 6.86. The van der Waals surface area contributed by atoms with Crippen molar-refractivity contribution in [3.05, 3.63) is 24.3 Å². The second-order valence-corrected chi connectivity index (χ2v) is 5.50. The standard InChI is InChI=1S/C15H18N2O2/c1-10-9-13(10)15(19)16-11-4-6-12(7-5-11)17-8-2-3-14(17)18/h4-7,10,13H,2-3,8-9H2,1H3,(H,16,19)/t10-,13+/m0/s1. The van der Waals surface area contributed by atoms with Crippen LogP contribution in [0.5, 0.6) is 0 Å². The van der Waals surface area contributed by atoms with Gasteiger partial charge in [-0.3, -0.25) is 9.59 Å². The average Bonchev–Trinajstić information content (AvgIpc) is 2.98. The Kier molecular flexibility index (Phi) is 3.01. The lowest BCUT2D eigenvalue weighted by Crippen LogP contribution is -2.23. The highest BCUT2D eigenvalue weighted by Crippen LogP contribution is 2.38. The molecule has 1 aliphatic carbocycles. The fraction of sp³-hybridized carbons (Fsp3) is 0.467. The molecule has 2 aliphatic rings. The van der Waals surface area contributed by atoms with Crippen molar-refractivity contribution in [1.29, 1.82) is 0 Å². The molecule has 1 aliphatic heterocycles. The maximum atomic E-state index is 11.8. The molecule has 0 aromatic heterocycles. The summed E-state index contributed by atoms with van der Waals surface area (Å²) >= 11 is 0. The molecular weight excluding hydrogens is 240 g/mol. The highest BCUT2D eigenvalue weighted by atomic mass is 16.2. The van der Waals surface area contributed by atoms with Crippen molar-refractivity contribution in [2.75, 3.05) is 16.8 Å². The molecule has 4 nitrogen and oxygen atoms in total. The lowest BCUT2D eigenvalue weighted by Gasteiger charge is -2.16. The SMILES string of the molecule is C[C@H]1C[C@H]1C(=O)Nc1ccc(N2CCCC2=O)cc1. The van der Waals surface area contributed by atoms with Gasteiger partial charge in [-0.1, -0.05) is 6.92 Å². The van der Waals surface area contributed by atoms with E-state index in [0.29, 0.717) is 12.3 Å². The lowest BCUT2D eigenvalue weighted by molar-refractivity contribution is -0.118. The van der Waals surface area contributed by atoms with E-state index in [9.17, 15) is 9.59 Å². The molecule has 0 spiro atoms. The van der Waals surface area contributed by atoms with E-state index in [1.165, 1.54) is 0 Å². The summed E-state index contributed by atoms with van der Waals surface area (Å²) in [5, 5.41) is 2.92. The fourth-order valence-corrected chi connectivity index (χ4v) is 2.57. The monoisotopic (exact) mass is 258 g/mol. The number of rotatable bonds is 3. The van der Waals surface area contributed by atoms with Gasteiger partial charge in [0.1, 0.15) is 0 Å². The summed E-state index contributed by atoms with van der Waals surface area (Å²) < 4.78 is 0. The zero-order valence-electron chi connectivity index (χ0n) is 11.1. The number of hydrogen-bond acceptors (Lipinski definition) is 2. The van der Waals surface area contributed by atoms with Crippen molar-refractivity contribution in [2.24, 2.45) is 11.8 Å². The molecule has 2 atom stereocenters. The van der Waals surface area contributed by atoms with Gasteiger partial charge < -0.3 is 10.2 Å². The number of nitrogens with one attached hydrogen (secondary N) is 1. The normalized spacial score (nSPS) is 25.5. The summed E-state index contributed by atoms with van der Waals surface area (Å²) in [6, 6.07) is 7.53. The van der Waals surface area contributed by atoms with Gasteiger partial charge in [0.25, 0.3) is 0 Å². The lowest BCUT2D eigenvalue weighted by atomic mass is 10.2. The van der Waals surface area contributed by atoms with Crippen LogP contribution in [-0.2, 0) is 9.59 Å². The van der Waals surface area contributed by atoms with Crippen LogP contribution in [0.4, 0.5) is 11.4 Å². The number of amides is 2. The van der Waals surface area contributed by atoms with E-state index in [1.54, 1.807) is 4.90 Å². The van der Waals surface area contributed by atoms with Crippen molar-refractivity contribution in [3.63, 3.8) is 0 Å². The molecule has 4 heteroatoms. The third kappa shape index (κ3) is 2.48. The number of benzene rings is 1. The molecule has 2 amide bonds. The van der Waals surface area contributed by atoms with Crippen LogP contribution in [-0.4, -0.2) is 18.4 Å². The summed E-state index contributed by atoms with van der Waals surface area (Å²) in [7, 11) is 0. The van der Waals surface area contributed by atoms with Gasteiger partial charge in [0.2, 0.25) is 11.8 Å². The Balaban J connectivity index is 1.65. The number of anilines is 2. The van der Waals surface area contributed by atoms with Crippen molar-refractivity contribution in [3.8, 4) is 0 Å². The maximum Gasteiger partial charge on any atom is 0.227 e. The molecule has 100 valence electrons. The Hall–Kier alpha value is -1.84. The van der Waals surface area contributed by atoms with Gasteiger partial charge in [-0.05, 0) is 43.0 Å². The van der Waals surface area contributed by atoms with Crippen molar-refractivity contribution < 1.29 is 9.59 Å². The molecule has 1 N–H and O–H groups in total. The first-order valence-corrected chi connectivity index (χ1v) is 6.86. The van der Waals surface area contributed by atoms with Gasteiger partial charge >= 0.3 is 0 Å². The van der Waals surface area contributed by atoms with E-state index < -0.39 is 0 Å². The smallest absolute Gasteiger partial charge is 0.227 e. The third-order valence-electron chi connectivity index (χ3n) is 3.97. The van der Waals surface area contributed by atoms with E-state index in [4.69, 9.17) is 0 Å². The molecule has 0 radical (unpaired) electrons. The van der Waals surface area contributed by atoms with Gasteiger partial charge in [-0.15, -0.1) is 0 Å². The highest BCUT2D eigenvalue weighted by molar-refractivity contribution is 5.97. The first-order chi connectivity index (χ1) is 9.15. The van der Waals surface area contributed by atoms with Crippen LogP contribution in [0.25, 0.3) is 0 Å². The molecule has 3 rings (SSSR count). The second-order valence-electron chi connectivity index (χ2n) is 5.50. The molecule has 1 heterocycles. The zero-order valence-corrected chi connectivity index (χ0v) is 11.1. The van der Waals surface area contributed by atoms with Gasteiger partial charge in [-0.25, -0.2) is 0 Å². The van der Waals surface area contributed by atoms with E-state index in [0.717, 1.165) is 30.8 Å². The summed E-state index contributed by atoms with van der Waals surface area (Å²) in [5.74, 6) is 0.988. The maximum absolute atomic E-state index is 11.8. The summed E-state index contributed by atoms with van der Waals surface area (Å²) in [6.45, 7) is 2.89. The second kappa shape index (κ2) is 4.68. The minimum absolute atomic E-state index is 0.109. The van der Waals surface area contributed by atoms with Crippen LogP contribution in [0, 0.1) is 11.8 Å². The van der Waals surface area contributed by atoms with Crippen molar-refractivity contribution in [1.82, 2.24) is 0 Å². The molecule has 19 heavy (non-hydrogen) atoms. The van der Waals surface area contributed by atoms with Crippen LogP contribution in [0.3, 0.4) is 0 Å². The van der Waals surface area contributed by atoms with Gasteiger partial charge in [0.05, 0.1) is 0 Å². The van der Waals surface area contributed by atoms with E-state index in [2.05, 4.69) is 12.2 Å². The van der Waals surface area contributed by atoms with Crippen molar-refractivity contribution >= 4 is 23.2 Å². The van der Waals surface area contributed by atoms with E-state index >= 15 is 0 Å². The largest absolute Gasteiger partial charge is 0.326 e. The minimum Gasteiger partial charge on any atom is -0.326 e. The summed E-state index contributed by atoms with van der Waals surface area (Å²) in [4.78, 5) is 25.2. The predicted molar refractivity (Wildman–Crippen MR) is 73.9 cm³/mol. The molecule has 1 aromatic rings. The summed E-state index contributed by atoms with van der Waals surface area (Å²) in [5.41, 5.74) is 1.72. The Bertz CT molecular complexity index is 509. The number of carbonyl (C=O) groups excluding carboxylic acids is 2. The average molecular weight is 258 g/mol. The van der Waals surface area contributed by atoms with Crippen LogP contribution in [0.1, 0.15) is 26.2 Å². The predicted octanol–water partition coefficient (Wildman–Crippen LogP) is 2.41. The van der Waals surface area contributed by atoms with Gasteiger partial charge in [0.15, 0.2) is 0 Å². The number of carbonyl (C=O) groups is 2.